The van der Waals surface area contributed by atoms with Crippen molar-refractivity contribution in [3.05, 3.63) is 15.9 Å². The first-order chi connectivity index (χ1) is 7.22. The summed E-state index contributed by atoms with van der Waals surface area (Å²) in [4.78, 5) is 13.2. The molecule has 0 saturated heterocycles. The number of nitro groups is 1. The maximum absolute atomic E-state index is 12.0. The van der Waals surface area contributed by atoms with Crippen LogP contribution < -0.4 is 5.32 Å². The predicted molar refractivity (Wildman–Crippen MR) is 49.1 cm³/mol. The van der Waals surface area contributed by atoms with E-state index in [1.165, 1.54) is 18.5 Å². The molecule has 0 fully saturated rings. The lowest BCUT2D eigenvalue weighted by Gasteiger charge is -2.09. The first-order valence-electron chi connectivity index (χ1n) is 4.20. The van der Waals surface area contributed by atoms with E-state index in [-0.39, 0.29) is 11.6 Å². The summed E-state index contributed by atoms with van der Waals surface area (Å²) in [6.45, 7) is 0.124. The Balaban J connectivity index is 2.98. The molecular formula is C7H9F3N4O2. The Bertz CT molecular complexity index is 412. The van der Waals surface area contributed by atoms with E-state index in [2.05, 4.69) is 4.98 Å². The van der Waals surface area contributed by atoms with Crippen LogP contribution in [0.25, 0.3) is 0 Å². The zero-order valence-corrected chi connectivity index (χ0v) is 8.50. The number of rotatable bonds is 3. The van der Waals surface area contributed by atoms with E-state index in [9.17, 15) is 23.3 Å². The molecule has 9 heteroatoms. The molecule has 0 aliphatic heterocycles. The maximum Gasteiger partial charge on any atom is 0.406 e. The Morgan fingerprint density at radius 3 is 2.56 bits per heavy atom. The van der Waals surface area contributed by atoms with Crippen molar-refractivity contribution in [2.45, 2.75) is 13.1 Å². The van der Waals surface area contributed by atoms with Crippen LogP contribution in [0.2, 0.25) is 0 Å². The fraction of sp³-hybridized carbons (Fsp3) is 0.571. The topological polar surface area (TPSA) is 73.0 Å². The second-order valence-electron chi connectivity index (χ2n) is 3.12. The Morgan fingerprint density at radius 2 is 2.12 bits per heavy atom. The number of alkyl halides is 3. The van der Waals surface area contributed by atoms with Crippen molar-refractivity contribution in [3.8, 4) is 0 Å². The summed E-state index contributed by atoms with van der Waals surface area (Å²) in [7, 11) is 1.40. The zero-order valence-electron chi connectivity index (χ0n) is 8.50. The third-order valence-corrected chi connectivity index (χ3v) is 1.93. The number of aryl methyl sites for hydroxylation is 1. The van der Waals surface area contributed by atoms with Crippen molar-refractivity contribution in [3.63, 3.8) is 0 Å². The van der Waals surface area contributed by atoms with E-state index >= 15 is 0 Å². The molecule has 1 N–H and O–H groups in total. The minimum absolute atomic E-state index is 0.250. The number of aromatic nitrogens is 2. The second-order valence-corrected chi connectivity index (χ2v) is 3.12. The molecule has 0 bridgehead atoms. The van der Waals surface area contributed by atoms with Crippen LogP contribution in [-0.4, -0.2) is 27.2 Å². The molecule has 1 rings (SSSR count). The Hall–Kier alpha value is -1.80. The number of anilines is 1. The smallest absolute Gasteiger partial charge is 0.358 e. The van der Waals surface area contributed by atoms with E-state index in [1.807, 2.05) is 5.32 Å². The standard InChI is InChI=1S/C7H9F3N4O2/c1-4-12-6(14(15)16)5(13(4)2)11-3-7(8,9)10/h11H,3H2,1-2H3. The molecule has 0 aromatic carbocycles. The summed E-state index contributed by atoms with van der Waals surface area (Å²) < 4.78 is 37.1. The van der Waals surface area contributed by atoms with Gasteiger partial charge in [-0.2, -0.15) is 13.2 Å². The fourth-order valence-electron chi connectivity index (χ4n) is 1.10. The van der Waals surface area contributed by atoms with Gasteiger partial charge in [-0.3, -0.25) is 4.57 Å². The largest absolute Gasteiger partial charge is 0.406 e. The molecule has 1 aromatic heterocycles. The van der Waals surface area contributed by atoms with Crippen LogP contribution in [0.4, 0.5) is 24.8 Å². The van der Waals surface area contributed by atoms with Crippen molar-refractivity contribution >= 4 is 11.6 Å². The van der Waals surface area contributed by atoms with Gasteiger partial charge in [0.1, 0.15) is 6.54 Å². The van der Waals surface area contributed by atoms with Gasteiger partial charge in [0.05, 0.1) is 0 Å². The minimum atomic E-state index is -4.44. The average molecular weight is 238 g/mol. The van der Waals surface area contributed by atoms with Gasteiger partial charge in [-0.1, -0.05) is 0 Å². The molecule has 90 valence electrons. The first kappa shape index (κ1) is 12.3. The van der Waals surface area contributed by atoms with Gasteiger partial charge in [-0.25, -0.2) is 0 Å². The highest BCUT2D eigenvalue weighted by atomic mass is 19.4. The first-order valence-corrected chi connectivity index (χ1v) is 4.20. The number of halogens is 3. The van der Waals surface area contributed by atoms with Crippen molar-refractivity contribution in [2.24, 2.45) is 7.05 Å². The Labute approximate surface area is 88.2 Å². The average Bonchev–Trinajstić information content (AvgIpc) is 2.39. The van der Waals surface area contributed by atoms with Crippen LogP contribution in [0.15, 0.2) is 0 Å². The van der Waals surface area contributed by atoms with Gasteiger partial charge >= 0.3 is 12.0 Å². The van der Waals surface area contributed by atoms with Crippen LogP contribution in [0.1, 0.15) is 5.82 Å². The molecule has 0 saturated carbocycles. The van der Waals surface area contributed by atoms with Crippen LogP contribution in [0.3, 0.4) is 0 Å². The molecular weight excluding hydrogens is 229 g/mol. The van der Waals surface area contributed by atoms with E-state index < -0.39 is 23.5 Å². The number of hydrogen-bond donors (Lipinski definition) is 1. The predicted octanol–water partition coefficient (Wildman–Crippen LogP) is 1.61. The lowest BCUT2D eigenvalue weighted by molar-refractivity contribution is -0.388. The van der Waals surface area contributed by atoms with Gasteiger partial charge in [-0.15, -0.1) is 0 Å². The highest BCUT2D eigenvalue weighted by Gasteiger charge is 2.30. The van der Waals surface area contributed by atoms with Crippen LogP contribution >= 0.6 is 0 Å². The zero-order chi connectivity index (χ0) is 12.5. The van der Waals surface area contributed by atoms with Gasteiger partial charge in [0.25, 0.3) is 0 Å². The summed E-state index contributed by atoms with van der Waals surface area (Å²) >= 11 is 0. The second kappa shape index (κ2) is 3.99. The van der Waals surface area contributed by atoms with Gasteiger partial charge < -0.3 is 15.4 Å². The molecule has 1 heterocycles. The lowest BCUT2D eigenvalue weighted by Crippen LogP contribution is -2.22. The van der Waals surface area contributed by atoms with Gasteiger partial charge in [-0.05, 0) is 9.91 Å². The van der Waals surface area contributed by atoms with E-state index in [4.69, 9.17) is 0 Å². The molecule has 0 amide bonds. The van der Waals surface area contributed by atoms with Crippen LogP contribution in [0, 0.1) is 17.0 Å². The van der Waals surface area contributed by atoms with E-state index in [1.54, 1.807) is 0 Å². The summed E-state index contributed by atoms with van der Waals surface area (Å²) in [5.74, 6) is -0.597. The normalized spacial score (nSPS) is 11.6. The lowest BCUT2D eigenvalue weighted by atomic mass is 10.5. The molecule has 1 aromatic rings. The molecule has 0 aliphatic rings. The molecule has 0 atom stereocenters. The highest BCUT2D eigenvalue weighted by Crippen LogP contribution is 2.25. The summed E-state index contributed by atoms with van der Waals surface area (Å²) in [6, 6.07) is 0. The number of hydrogen-bond acceptors (Lipinski definition) is 4. The fourth-order valence-corrected chi connectivity index (χ4v) is 1.10. The van der Waals surface area contributed by atoms with Crippen molar-refractivity contribution < 1.29 is 18.1 Å². The summed E-state index contributed by atoms with van der Waals surface area (Å²) in [6.07, 6.45) is -4.44. The maximum atomic E-state index is 12.0. The molecule has 0 radical (unpaired) electrons. The Morgan fingerprint density at radius 1 is 1.56 bits per heavy atom. The van der Waals surface area contributed by atoms with Crippen LogP contribution in [0.5, 0.6) is 0 Å². The Kier molecular flexibility index (Phi) is 3.06. The molecule has 16 heavy (non-hydrogen) atoms. The molecule has 0 unspecified atom stereocenters. The number of imidazole rings is 1. The number of nitrogens with zero attached hydrogens (tertiary/aromatic N) is 3. The monoisotopic (exact) mass is 238 g/mol. The van der Waals surface area contributed by atoms with Gasteiger partial charge in [0.15, 0.2) is 0 Å². The number of nitrogens with one attached hydrogen (secondary N) is 1. The van der Waals surface area contributed by atoms with Crippen molar-refractivity contribution in [1.29, 1.82) is 0 Å². The summed E-state index contributed by atoms with van der Waals surface area (Å²) in [5, 5.41) is 12.5. The quantitative estimate of drug-likeness (QED) is 0.641. The molecule has 0 aliphatic carbocycles. The van der Waals surface area contributed by atoms with Gasteiger partial charge in [0.2, 0.25) is 11.6 Å². The summed E-state index contributed by atoms with van der Waals surface area (Å²) in [5.41, 5.74) is 0. The highest BCUT2D eigenvalue weighted by molar-refractivity contribution is 5.53. The van der Waals surface area contributed by atoms with Crippen LogP contribution in [-0.2, 0) is 7.05 Å². The van der Waals surface area contributed by atoms with Crippen molar-refractivity contribution in [2.75, 3.05) is 11.9 Å². The third-order valence-electron chi connectivity index (χ3n) is 1.93. The molecule has 0 spiro atoms. The minimum Gasteiger partial charge on any atom is -0.358 e. The van der Waals surface area contributed by atoms with E-state index in [0.717, 1.165) is 0 Å². The third kappa shape index (κ3) is 2.61. The SMILES string of the molecule is Cc1nc([N+](=O)[O-])c(NCC(F)(F)F)n1C. The van der Waals surface area contributed by atoms with Gasteiger partial charge in [0, 0.05) is 14.0 Å². The molecule has 6 nitrogen and oxygen atoms in total. The van der Waals surface area contributed by atoms with E-state index in [0.29, 0.717) is 0 Å². The van der Waals surface area contributed by atoms with Crippen molar-refractivity contribution in [1.82, 2.24) is 9.55 Å².